The van der Waals surface area contributed by atoms with E-state index >= 15 is 0 Å². The van der Waals surface area contributed by atoms with Crippen LogP contribution in [0.4, 0.5) is 0 Å². The maximum Gasteiger partial charge on any atom is 0.271 e. The van der Waals surface area contributed by atoms with Crippen molar-refractivity contribution in [2.24, 2.45) is 5.73 Å². The Labute approximate surface area is 134 Å². The van der Waals surface area contributed by atoms with Crippen LogP contribution in [0.2, 0.25) is 0 Å². The van der Waals surface area contributed by atoms with Gasteiger partial charge in [-0.15, -0.1) is 11.3 Å². The van der Waals surface area contributed by atoms with Gasteiger partial charge in [0.2, 0.25) is 0 Å². The highest BCUT2D eigenvalue weighted by Gasteiger charge is 2.13. The fraction of sp³-hybridized carbons (Fsp3) is 0.375. The lowest BCUT2D eigenvalue weighted by atomic mass is 10.2. The molecule has 0 saturated heterocycles. The Morgan fingerprint density at radius 2 is 2.32 bits per heavy atom. The highest BCUT2D eigenvalue weighted by molar-refractivity contribution is 7.09. The fourth-order valence-electron chi connectivity index (χ4n) is 1.92. The summed E-state index contributed by atoms with van der Waals surface area (Å²) < 4.78 is 5.68. The first-order valence-corrected chi connectivity index (χ1v) is 8.11. The molecule has 0 aliphatic carbocycles. The number of amides is 1. The summed E-state index contributed by atoms with van der Waals surface area (Å²) in [5.41, 5.74) is 7.06. The number of hydrogen-bond donors (Lipinski definition) is 2. The van der Waals surface area contributed by atoms with E-state index < -0.39 is 0 Å². The van der Waals surface area contributed by atoms with E-state index in [1.165, 1.54) is 11.3 Å². The number of benzene rings is 1. The molecule has 1 aromatic carbocycles. The lowest BCUT2D eigenvalue weighted by molar-refractivity contribution is 0.0922. The van der Waals surface area contributed by atoms with Gasteiger partial charge in [0.25, 0.3) is 5.91 Å². The number of carbonyl (C=O) groups is 1. The minimum atomic E-state index is -0.181. The molecule has 3 N–H and O–H groups in total. The number of rotatable bonds is 7. The van der Waals surface area contributed by atoms with Crippen LogP contribution >= 0.6 is 11.3 Å². The Bertz CT molecular complexity index is 627. The molecule has 0 bridgehead atoms. The van der Waals surface area contributed by atoms with Crippen molar-refractivity contribution in [3.8, 4) is 5.75 Å². The maximum absolute atomic E-state index is 12.1. The van der Waals surface area contributed by atoms with Crippen molar-refractivity contribution in [2.45, 2.75) is 26.3 Å². The summed E-state index contributed by atoms with van der Waals surface area (Å²) in [5, 5.41) is 5.53. The minimum absolute atomic E-state index is 0.104. The molecule has 0 spiro atoms. The van der Waals surface area contributed by atoms with Crippen LogP contribution in [0.1, 0.15) is 28.0 Å². The molecule has 6 heteroatoms. The number of carbonyl (C=O) groups excluding carboxylic acids is 1. The predicted molar refractivity (Wildman–Crippen MR) is 88.5 cm³/mol. The summed E-state index contributed by atoms with van der Waals surface area (Å²) in [5.74, 6) is 0.625. The standard InChI is InChI=1S/C16H21N3O2S/c1-11-4-3-5-13(8-11)21-9-12(2)18-16(20)14-10-22-15(19-14)6-7-17/h3-5,8,10,12H,6-7,9,17H2,1-2H3,(H,18,20). The smallest absolute Gasteiger partial charge is 0.271 e. The molecule has 5 nitrogen and oxygen atoms in total. The van der Waals surface area contributed by atoms with Gasteiger partial charge in [-0.1, -0.05) is 12.1 Å². The fourth-order valence-corrected chi connectivity index (χ4v) is 2.71. The van der Waals surface area contributed by atoms with Crippen molar-refractivity contribution < 1.29 is 9.53 Å². The first-order chi connectivity index (χ1) is 10.6. The summed E-state index contributed by atoms with van der Waals surface area (Å²) in [7, 11) is 0. The van der Waals surface area contributed by atoms with E-state index in [0.29, 0.717) is 25.3 Å². The van der Waals surface area contributed by atoms with Gasteiger partial charge in [0, 0.05) is 11.8 Å². The van der Waals surface area contributed by atoms with E-state index in [1.54, 1.807) is 5.38 Å². The van der Waals surface area contributed by atoms with Crippen molar-refractivity contribution in [1.82, 2.24) is 10.3 Å². The van der Waals surface area contributed by atoms with E-state index in [-0.39, 0.29) is 11.9 Å². The molecule has 0 aliphatic rings. The molecule has 1 atom stereocenters. The number of thiazole rings is 1. The number of ether oxygens (including phenoxy) is 1. The van der Waals surface area contributed by atoms with Crippen molar-refractivity contribution in [3.05, 3.63) is 45.9 Å². The molecule has 1 amide bonds. The van der Waals surface area contributed by atoms with Gasteiger partial charge in [-0.3, -0.25) is 4.79 Å². The molecule has 0 saturated carbocycles. The van der Waals surface area contributed by atoms with E-state index in [2.05, 4.69) is 10.3 Å². The summed E-state index contributed by atoms with van der Waals surface area (Å²) in [6.07, 6.45) is 0.698. The lowest BCUT2D eigenvalue weighted by Gasteiger charge is -2.14. The zero-order chi connectivity index (χ0) is 15.9. The molecule has 1 aromatic heterocycles. The molecule has 2 rings (SSSR count). The summed E-state index contributed by atoms with van der Waals surface area (Å²) in [4.78, 5) is 16.4. The average molecular weight is 319 g/mol. The third-order valence-corrected chi connectivity index (χ3v) is 3.92. The maximum atomic E-state index is 12.1. The third kappa shape index (κ3) is 4.82. The molecule has 0 aliphatic heterocycles. The van der Waals surface area contributed by atoms with Crippen LogP contribution in [0, 0.1) is 6.92 Å². The Hall–Kier alpha value is -1.92. The summed E-state index contributed by atoms with van der Waals surface area (Å²) in [6, 6.07) is 7.73. The largest absolute Gasteiger partial charge is 0.491 e. The molecule has 0 fully saturated rings. The molecular weight excluding hydrogens is 298 g/mol. The molecule has 0 radical (unpaired) electrons. The van der Waals surface area contributed by atoms with Crippen LogP contribution in [0.3, 0.4) is 0 Å². The van der Waals surface area contributed by atoms with E-state index in [4.69, 9.17) is 10.5 Å². The molecule has 22 heavy (non-hydrogen) atoms. The van der Waals surface area contributed by atoms with Crippen LogP contribution in [-0.2, 0) is 6.42 Å². The van der Waals surface area contributed by atoms with Gasteiger partial charge in [-0.2, -0.15) is 0 Å². The van der Waals surface area contributed by atoms with Crippen LogP contribution in [0.15, 0.2) is 29.6 Å². The zero-order valence-electron chi connectivity index (χ0n) is 12.8. The third-order valence-electron chi connectivity index (χ3n) is 3.01. The SMILES string of the molecule is Cc1cccc(OCC(C)NC(=O)c2csc(CCN)n2)c1. The van der Waals surface area contributed by atoms with Gasteiger partial charge in [-0.05, 0) is 38.1 Å². The molecule has 1 heterocycles. The van der Waals surface area contributed by atoms with Gasteiger partial charge in [0.15, 0.2) is 0 Å². The van der Waals surface area contributed by atoms with E-state index in [0.717, 1.165) is 16.3 Å². The van der Waals surface area contributed by atoms with E-state index in [9.17, 15) is 4.79 Å². The van der Waals surface area contributed by atoms with Gasteiger partial charge >= 0.3 is 0 Å². The van der Waals surface area contributed by atoms with Gasteiger partial charge in [0.1, 0.15) is 18.1 Å². The van der Waals surface area contributed by atoms with Gasteiger partial charge in [-0.25, -0.2) is 4.98 Å². The number of aromatic nitrogens is 1. The monoisotopic (exact) mass is 319 g/mol. The highest BCUT2D eigenvalue weighted by Crippen LogP contribution is 2.13. The normalized spacial score (nSPS) is 12.0. The molecule has 2 aromatic rings. The van der Waals surface area contributed by atoms with E-state index in [1.807, 2.05) is 38.1 Å². The van der Waals surface area contributed by atoms with Gasteiger partial charge < -0.3 is 15.8 Å². The van der Waals surface area contributed by atoms with Crippen molar-refractivity contribution >= 4 is 17.2 Å². The van der Waals surface area contributed by atoms with Gasteiger partial charge in [0.05, 0.1) is 11.0 Å². The van der Waals surface area contributed by atoms with Crippen molar-refractivity contribution in [1.29, 1.82) is 0 Å². The molecule has 118 valence electrons. The summed E-state index contributed by atoms with van der Waals surface area (Å²) in [6.45, 7) is 4.87. The number of hydrogen-bond acceptors (Lipinski definition) is 5. The van der Waals surface area contributed by atoms with Crippen LogP contribution in [0.5, 0.6) is 5.75 Å². The first kappa shape index (κ1) is 16.5. The molecule has 1 unspecified atom stereocenters. The topological polar surface area (TPSA) is 77.2 Å². The zero-order valence-corrected chi connectivity index (χ0v) is 13.7. The van der Waals surface area contributed by atoms with Crippen LogP contribution in [0.25, 0.3) is 0 Å². The minimum Gasteiger partial charge on any atom is -0.491 e. The van der Waals surface area contributed by atoms with Crippen molar-refractivity contribution in [2.75, 3.05) is 13.2 Å². The highest BCUT2D eigenvalue weighted by atomic mass is 32.1. The number of nitrogens with zero attached hydrogens (tertiary/aromatic N) is 1. The summed E-state index contributed by atoms with van der Waals surface area (Å²) >= 11 is 1.46. The Morgan fingerprint density at radius 1 is 1.50 bits per heavy atom. The Kier molecular flexibility index (Phi) is 5.91. The number of nitrogens with two attached hydrogens (primary N) is 1. The number of nitrogens with one attached hydrogen (secondary N) is 1. The Morgan fingerprint density at radius 3 is 3.05 bits per heavy atom. The van der Waals surface area contributed by atoms with Crippen LogP contribution < -0.4 is 15.8 Å². The second kappa shape index (κ2) is 7.91. The second-order valence-corrected chi connectivity index (χ2v) is 6.11. The Balaban J connectivity index is 1.82. The quantitative estimate of drug-likeness (QED) is 0.820. The average Bonchev–Trinajstić information content (AvgIpc) is 2.94. The number of aryl methyl sites for hydroxylation is 1. The van der Waals surface area contributed by atoms with Crippen LogP contribution in [-0.4, -0.2) is 30.1 Å². The second-order valence-electron chi connectivity index (χ2n) is 5.17. The first-order valence-electron chi connectivity index (χ1n) is 7.23. The molecular formula is C16H21N3O2S. The predicted octanol–water partition coefficient (Wildman–Crippen LogP) is 2.15. The lowest BCUT2D eigenvalue weighted by Crippen LogP contribution is -2.37. The van der Waals surface area contributed by atoms with Crippen molar-refractivity contribution in [3.63, 3.8) is 0 Å².